The van der Waals surface area contributed by atoms with E-state index in [2.05, 4.69) is 39.9 Å². The lowest BCUT2D eigenvalue weighted by atomic mass is 9.70. The summed E-state index contributed by atoms with van der Waals surface area (Å²) in [6.07, 6.45) is 2.28. The molecule has 0 aliphatic heterocycles. The molecular formula is C13H25NO. The van der Waals surface area contributed by atoms with Gasteiger partial charge in [0.1, 0.15) is 0 Å². The van der Waals surface area contributed by atoms with E-state index in [0.717, 1.165) is 0 Å². The fourth-order valence-corrected chi connectivity index (χ4v) is 3.93. The number of aliphatic hydroxyl groups is 1. The van der Waals surface area contributed by atoms with Gasteiger partial charge in [-0.05, 0) is 24.2 Å². The van der Waals surface area contributed by atoms with Gasteiger partial charge in [0.2, 0.25) is 0 Å². The molecule has 0 aromatic carbocycles. The molecule has 2 rings (SSSR count). The summed E-state index contributed by atoms with van der Waals surface area (Å²) in [5.41, 5.74) is 0.392. The number of fused-ring (bicyclic) bond motifs is 2. The smallest absolute Gasteiger partial charge is 0.0754 e. The molecule has 0 saturated heterocycles. The van der Waals surface area contributed by atoms with Crippen molar-refractivity contribution in [3.8, 4) is 0 Å². The molecule has 0 aromatic heterocycles. The lowest BCUT2D eigenvalue weighted by Crippen LogP contribution is -2.49. The van der Waals surface area contributed by atoms with Gasteiger partial charge in [0.05, 0.1) is 6.10 Å². The van der Waals surface area contributed by atoms with E-state index in [1.54, 1.807) is 0 Å². The molecule has 2 fully saturated rings. The molecule has 2 saturated carbocycles. The van der Waals surface area contributed by atoms with Crippen LogP contribution in [0.25, 0.3) is 0 Å². The summed E-state index contributed by atoms with van der Waals surface area (Å²) in [5, 5.41) is 14.0. The van der Waals surface area contributed by atoms with Crippen LogP contribution in [0.15, 0.2) is 0 Å². The van der Waals surface area contributed by atoms with Crippen molar-refractivity contribution in [1.29, 1.82) is 0 Å². The topological polar surface area (TPSA) is 32.3 Å². The molecule has 2 nitrogen and oxygen atoms in total. The zero-order valence-electron chi connectivity index (χ0n) is 10.7. The summed E-state index contributed by atoms with van der Waals surface area (Å²) in [6, 6.07) is 0.766. The molecule has 88 valence electrons. The van der Waals surface area contributed by atoms with E-state index >= 15 is 0 Å². The van der Waals surface area contributed by atoms with Gasteiger partial charge in [-0.3, -0.25) is 0 Å². The maximum atomic E-state index is 10.5. The van der Waals surface area contributed by atoms with Gasteiger partial charge in [-0.25, -0.2) is 0 Å². The largest absolute Gasteiger partial charge is 0.391 e. The Balaban J connectivity index is 2.26. The first kappa shape index (κ1) is 11.4. The van der Waals surface area contributed by atoms with Crippen LogP contribution in [0.3, 0.4) is 0 Å². The molecule has 2 aliphatic rings. The number of rotatable bonds is 2. The highest BCUT2D eigenvalue weighted by atomic mass is 16.3. The van der Waals surface area contributed by atoms with Gasteiger partial charge in [-0.15, -0.1) is 0 Å². The predicted molar refractivity (Wildman–Crippen MR) is 62.7 cm³/mol. The highest BCUT2D eigenvalue weighted by Crippen LogP contribution is 2.65. The maximum absolute atomic E-state index is 10.5. The lowest BCUT2D eigenvalue weighted by Gasteiger charge is -2.37. The van der Waals surface area contributed by atoms with E-state index in [9.17, 15) is 5.11 Å². The summed E-state index contributed by atoms with van der Waals surface area (Å²) in [4.78, 5) is 0. The average molecular weight is 211 g/mol. The minimum Gasteiger partial charge on any atom is -0.391 e. The van der Waals surface area contributed by atoms with Gasteiger partial charge in [-0.2, -0.15) is 0 Å². The van der Waals surface area contributed by atoms with Crippen molar-refractivity contribution in [3.63, 3.8) is 0 Å². The van der Waals surface area contributed by atoms with Crippen molar-refractivity contribution >= 4 is 0 Å². The minimum atomic E-state index is -0.173. The third kappa shape index (κ3) is 1.31. The maximum Gasteiger partial charge on any atom is 0.0754 e. The molecule has 0 unspecified atom stereocenters. The first-order chi connectivity index (χ1) is 6.80. The second-order valence-corrected chi connectivity index (χ2v) is 6.58. The van der Waals surface area contributed by atoms with Crippen molar-refractivity contribution in [3.05, 3.63) is 0 Å². The Morgan fingerprint density at radius 1 is 1.27 bits per heavy atom. The van der Waals surface area contributed by atoms with E-state index in [-0.39, 0.29) is 16.9 Å². The van der Waals surface area contributed by atoms with Crippen LogP contribution in [0, 0.1) is 16.7 Å². The van der Waals surface area contributed by atoms with Gasteiger partial charge in [0.25, 0.3) is 0 Å². The van der Waals surface area contributed by atoms with E-state index in [1.807, 2.05) is 0 Å². The van der Waals surface area contributed by atoms with Crippen LogP contribution in [0.5, 0.6) is 0 Å². The summed E-state index contributed by atoms with van der Waals surface area (Å²) in [7, 11) is 0. The summed E-state index contributed by atoms with van der Waals surface area (Å²) < 4.78 is 0. The van der Waals surface area contributed by atoms with Gasteiger partial charge < -0.3 is 10.4 Å². The lowest BCUT2D eigenvalue weighted by molar-refractivity contribution is -0.00113. The van der Waals surface area contributed by atoms with Crippen LogP contribution in [0.4, 0.5) is 0 Å². The van der Waals surface area contributed by atoms with Crippen LogP contribution >= 0.6 is 0 Å². The van der Waals surface area contributed by atoms with Crippen LogP contribution < -0.4 is 5.32 Å². The van der Waals surface area contributed by atoms with E-state index in [4.69, 9.17) is 0 Å². The summed E-state index contributed by atoms with van der Waals surface area (Å²) >= 11 is 0. The first-order valence-corrected chi connectivity index (χ1v) is 6.25. The monoisotopic (exact) mass is 211 g/mol. The minimum absolute atomic E-state index is 0.115. The van der Waals surface area contributed by atoms with Crippen molar-refractivity contribution in [2.75, 3.05) is 0 Å². The molecule has 2 aliphatic carbocycles. The summed E-state index contributed by atoms with van der Waals surface area (Å²) in [6.45, 7) is 11.2. The van der Waals surface area contributed by atoms with Crippen LogP contribution in [0.2, 0.25) is 0 Å². The molecule has 2 bridgehead atoms. The normalized spacial score (nSPS) is 47.8. The number of nitrogens with one attached hydrogen (secondary N) is 1. The Kier molecular flexibility index (Phi) is 2.44. The molecule has 0 heterocycles. The molecule has 15 heavy (non-hydrogen) atoms. The van der Waals surface area contributed by atoms with Crippen LogP contribution in [-0.2, 0) is 0 Å². The third-order valence-corrected chi connectivity index (χ3v) is 5.33. The molecule has 0 spiro atoms. The molecule has 2 heteroatoms. The average Bonchev–Trinajstić information content (AvgIpc) is 2.40. The second-order valence-electron chi connectivity index (χ2n) is 6.58. The quantitative estimate of drug-likeness (QED) is 0.733. The van der Waals surface area contributed by atoms with E-state index in [0.29, 0.717) is 18.0 Å². The fourth-order valence-electron chi connectivity index (χ4n) is 3.93. The first-order valence-electron chi connectivity index (χ1n) is 6.25. The second kappa shape index (κ2) is 3.21. The predicted octanol–water partition coefficient (Wildman–Crippen LogP) is 2.17. The van der Waals surface area contributed by atoms with E-state index < -0.39 is 0 Å². The fraction of sp³-hybridized carbons (Fsp3) is 1.00. The number of hydrogen-bond acceptors (Lipinski definition) is 2. The Hall–Kier alpha value is -0.0800. The van der Waals surface area contributed by atoms with Gasteiger partial charge >= 0.3 is 0 Å². The molecule has 2 N–H and O–H groups in total. The standard InChI is InChI=1S/C13H25NO/c1-8(2)14-10-9-6-7-13(5,11(10)15)12(9,3)4/h8-11,14-15H,6-7H2,1-5H3/t9-,10+,11+,13+/m1/s1. The molecule has 0 radical (unpaired) electrons. The Bertz CT molecular complexity index is 261. The highest BCUT2D eigenvalue weighted by Gasteiger charge is 2.65. The van der Waals surface area contributed by atoms with E-state index in [1.165, 1.54) is 12.8 Å². The van der Waals surface area contributed by atoms with Crippen molar-refractivity contribution < 1.29 is 5.11 Å². The van der Waals surface area contributed by atoms with Crippen LogP contribution in [-0.4, -0.2) is 23.3 Å². The Morgan fingerprint density at radius 2 is 1.87 bits per heavy atom. The molecular weight excluding hydrogens is 186 g/mol. The van der Waals surface area contributed by atoms with Gasteiger partial charge in [-0.1, -0.05) is 34.6 Å². The van der Waals surface area contributed by atoms with Crippen LogP contribution in [0.1, 0.15) is 47.5 Å². The van der Waals surface area contributed by atoms with Gasteiger partial charge in [0.15, 0.2) is 0 Å². The number of hydrogen-bond donors (Lipinski definition) is 2. The zero-order chi connectivity index (χ0) is 11.4. The molecule has 0 aromatic rings. The third-order valence-electron chi connectivity index (χ3n) is 5.33. The van der Waals surface area contributed by atoms with Gasteiger partial charge in [0, 0.05) is 17.5 Å². The van der Waals surface area contributed by atoms with Crippen molar-refractivity contribution in [2.24, 2.45) is 16.7 Å². The Morgan fingerprint density at radius 3 is 2.27 bits per heavy atom. The highest BCUT2D eigenvalue weighted by molar-refractivity contribution is 5.17. The molecule has 0 amide bonds. The SMILES string of the molecule is CC(C)N[C@H]1[C@H]2CC[C@@](C)([C@H]1O)C2(C)C. The molecule has 4 atom stereocenters. The van der Waals surface area contributed by atoms with Crippen molar-refractivity contribution in [1.82, 2.24) is 5.32 Å². The Labute approximate surface area is 93.5 Å². The number of aliphatic hydroxyl groups excluding tert-OH is 1. The summed E-state index contributed by atoms with van der Waals surface area (Å²) in [5.74, 6) is 0.639. The van der Waals surface area contributed by atoms with Crippen molar-refractivity contribution in [2.45, 2.75) is 65.6 Å². The zero-order valence-corrected chi connectivity index (χ0v) is 10.7.